The van der Waals surface area contributed by atoms with Crippen LogP contribution in [-0.2, 0) is 0 Å². The van der Waals surface area contributed by atoms with E-state index in [1.54, 1.807) is 12.3 Å². The normalized spacial score (nSPS) is 12.9. The zero-order valence-corrected chi connectivity index (χ0v) is 9.67. The van der Waals surface area contributed by atoms with E-state index in [1.807, 2.05) is 6.07 Å². The molecule has 0 radical (unpaired) electrons. The van der Waals surface area contributed by atoms with E-state index in [4.69, 9.17) is 11.6 Å². The van der Waals surface area contributed by atoms with E-state index >= 15 is 0 Å². The molecule has 1 atom stereocenters. The Morgan fingerprint density at radius 1 is 1.36 bits per heavy atom. The Bertz CT molecular complexity index is 269. The van der Waals surface area contributed by atoms with E-state index < -0.39 is 0 Å². The summed E-state index contributed by atoms with van der Waals surface area (Å²) in [6.07, 6.45) is 2.92. The highest BCUT2D eigenvalue weighted by atomic mass is 35.5. The molecular formula is C11H17ClN2. The fraction of sp³-hybridized carbons (Fsp3) is 0.545. The minimum Gasteiger partial charge on any atom is -0.381 e. The molecule has 0 unspecified atom stereocenters. The Kier molecular flexibility index (Phi) is 4.21. The molecule has 0 saturated heterocycles. The second-order valence-corrected chi connectivity index (χ2v) is 4.43. The van der Waals surface area contributed by atoms with Crippen molar-refractivity contribution in [3.05, 3.63) is 23.5 Å². The van der Waals surface area contributed by atoms with Crippen LogP contribution in [-0.4, -0.2) is 11.0 Å². The lowest BCUT2D eigenvalue weighted by Gasteiger charge is -2.16. The largest absolute Gasteiger partial charge is 0.381 e. The molecule has 0 bridgehead atoms. The van der Waals surface area contributed by atoms with Gasteiger partial charge in [-0.15, -0.1) is 0 Å². The van der Waals surface area contributed by atoms with Crippen LogP contribution in [0.1, 0.15) is 27.2 Å². The summed E-state index contributed by atoms with van der Waals surface area (Å²) < 4.78 is 0. The topological polar surface area (TPSA) is 24.9 Å². The molecular weight excluding hydrogens is 196 g/mol. The molecule has 0 aliphatic carbocycles. The number of hydrogen-bond donors (Lipinski definition) is 1. The van der Waals surface area contributed by atoms with Crippen molar-refractivity contribution < 1.29 is 0 Å². The SMILES string of the molecule is CC(C)C[C@H](C)Nc1ccc(Cl)nc1. The lowest BCUT2D eigenvalue weighted by atomic mass is 10.1. The molecule has 1 rings (SSSR count). The fourth-order valence-corrected chi connectivity index (χ4v) is 1.62. The van der Waals surface area contributed by atoms with Crippen LogP contribution in [0.4, 0.5) is 5.69 Å². The second kappa shape index (κ2) is 5.20. The van der Waals surface area contributed by atoms with Crippen molar-refractivity contribution in [3.63, 3.8) is 0 Å². The van der Waals surface area contributed by atoms with Crippen LogP contribution in [0.2, 0.25) is 5.15 Å². The van der Waals surface area contributed by atoms with Crippen LogP contribution >= 0.6 is 11.6 Å². The number of nitrogens with one attached hydrogen (secondary N) is 1. The predicted octanol–water partition coefficient (Wildman–Crippen LogP) is 3.58. The lowest BCUT2D eigenvalue weighted by Crippen LogP contribution is -2.17. The maximum atomic E-state index is 5.69. The Labute approximate surface area is 90.7 Å². The third-order valence-corrected chi connectivity index (χ3v) is 2.19. The molecule has 0 aliphatic heterocycles. The lowest BCUT2D eigenvalue weighted by molar-refractivity contribution is 0.539. The van der Waals surface area contributed by atoms with Crippen LogP contribution in [0.15, 0.2) is 18.3 Å². The molecule has 14 heavy (non-hydrogen) atoms. The van der Waals surface area contributed by atoms with Crippen molar-refractivity contribution in [1.29, 1.82) is 0 Å². The van der Waals surface area contributed by atoms with E-state index in [9.17, 15) is 0 Å². The maximum Gasteiger partial charge on any atom is 0.129 e. The second-order valence-electron chi connectivity index (χ2n) is 4.04. The highest BCUT2D eigenvalue weighted by Crippen LogP contribution is 2.13. The van der Waals surface area contributed by atoms with Crippen molar-refractivity contribution in [2.24, 2.45) is 5.92 Å². The highest BCUT2D eigenvalue weighted by molar-refractivity contribution is 6.29. The van der Waals surface area contributed by atoms with Gasteiger partial charge >= 0.3 is 0 Å². The van der Waals surface area contributed by atoms with Crippen LogP contribution in [0.5, 0.6) is 0 Å². The summed E-state index contributed by atoms with van der Waals surface area (Å²) in [6.45, 7) is 6.62. The zero-order chi connectivity index (χ0) is 10.6. The minimum atomic E-state index is 0.470. The van der Waals surface area contributed by atoms with Crippen molar-refractivity contribution >= 4 is 17.3 Å². The molecule has 1 aromatic heterocycles. The average Bonchev–Trinajstić information content (AvgIpc) is 2.07. The summed E-state index contributed by atoms with van der Waals surface area (Å²) >= 11 is 5.69. The van der Waals surface area contributed by atoms with Crippen LogP contribution < -0.4 is 5.32 Å². The van der Waals surface area contributed by atoms with Gasteiger partial charge in [0.15, 0.2) is 0 Å². The van der Waals surface area contributed by atoms with Gasteiger partial charge < -0.3 is 5.32 Å². The number of pyridine rings is 1. The van der Waals surface area contributed by atoms with E-state index in [1.165, 1.54) is 0 Å². The van der Waals surface area contributed by atoms with Gasteiger partial charge in [0.05, 0.1) is 11.9 Å². The van der Waals surface area contributed by atoms with Gasteiger partial charge in [-0.3, -0.25) is 0 Å². The van der Waals surface area contributed by atoms with E-state index in [2.05, 4.69) is 31.1 Å². The van der Waals surface area contributed by atoms with Gasteiger partial charge in [0.25, 0.3) is 0 Å². The average molecular weight is 213 g/mol. The number of rotatable bonds is 4. The number of hydrogen-bond acceptors (Lipinski definition) is 2. The van der Waals surface area contributed by atoms with Gasteiger partial charge in [-0.2, -0.15) is 0 Å². The third kappa shape index (κ3) is 3.97. The first-order chi connectivity index (χ1) is 6.58. The molecule has 0 saturated carbocycles. The van der Waals surface area contributed by atoms with Crippen molar-refractivity contribution in [3.8, 4) is 0 Å². The monoisotopic (exact) mass is 212 g/mol. The van der Waals surface area contributed by atoms with E-state index in [-0.39, 0.29) is 0 Å². The smallest absolute Gasteiger partial charge is 0.129 e. The van der Waals surface area contributed by atoms with E-state index in [0.717, 1.165) is 12.1 Å². The maximum absolute atomic E-state index is 5.69. The molecule has 2 nitrogen and oxygen atoms in total. The zero-order valence-electron chi connectivity index (χ0n) is 8.92. The van der Waals surface area contributed by atoms with Crippen LogP contribution in [0.25, 0.3) is 0 Å². The summed E-state index contributed by atoms with van der Waals surface area (Å²) in [5, 5.41) is 3.91. The van der Waals surface area contributed by atoms with Crippen LogP contribution in [0.3, 0.4) is 0 Å². The first kappa shape index (κ1) is 11.3. The van der Waals surface area contributed by atoms with Gasteiger partial charge in [-0.25, -0.2) is 4.98 Å². The van der Waals surface area contributed by atoms with Crippen molar-refractivity contribution in [1.82, 2.24) is 4.98 Å². The summed E-state index contributed by atoms with van der Waals surface area (Å²) in [6, 6.07) is 4.22. The number of halogens is 1. The number of nitrogens with zero attached hydrogens (tertiary/aromatic N) is 1. The standard InChI is InChI=1S/C11H17ClN2/c1-8(2)6-9(3)14-10-4-5-11(12)13-7-10/h4-5,7-9,14H,6H2,1-3H3/t9-/m0/s1. The number of anilines is 1. The van der Waals surface area contributed by atoms with Crippen LogP contribution in [0, 0.1) is 5.92 Å². The van der Waals surface area contributed by atoms with Gasteiger partial charge in [0.2, 0.25) is 0 Å². The predicted molar refractivity (Wildman–Crippen MR) is 61.8 cm³/mol. The highest BCUT2D eigenvalue weighted by Gasteiger charge is 2.04. The van der Waals surface area contributed by atoms with E-state index in [0.29, 0.717) is 17.1 Å². The molecule has 0 aliphatic rings. The molecule has 0 amide bonds. The summed E-state index contributed by atoms with van der Waals surface area (Å²) in [5.74, 6) is 0.706. The summed E-state index contributed by atoms with van der Waals surface area (Å²) in [4.78, 5) is 4.01. The van der Waals surface area contributed by atoms with Gasteiger partial charge in [0.1, 0.15) is 5.15 Å². The Morgan fingerprint density at radius 3 is 2.57 bits per heavy atom. The van der Waals surface area contributed by atoms with Crippen molar-refractivity contribution in [2.75, 3.05) is 5.32 Å². The Morgan fingerprint density at radius 2 is 2.07 bits per heavy atom. The van der Waals surface area contributed by atoms with Gasteiger partial charge in [-0.1, -0.05) is 25.4 Å². The summed E-state index contributed by atoms with van der Waals surface area (Å²) in [7, 11) is 0. The molecule has 78 valence electrons. The Balaban J connectivity index is 2.47. The molecule has 0 aromatic carbocycles. The molecule has 0 spiro atoms. The molecule has 1 aromatic rings. The minimum absolute atomic E-state index is 0.470. The quantitative estimate of drug-likeness (QED) is 0.772. The first-order valence-electron chi connectivity index (χ1n) is 4.96. The van der Waals surface area contributed by atoms with Gasteiger partial charge in [-0.05, 0) is 31.4 Å². The molecule has 1 N–H and O–H groups in total. The molecule has 3 heteroatoms. The van der Waals surface area contributed by atoms with Crippen molar-refractivity contribution in [2.45, 2.75) is 33.2 Å². The van der Waals surface area contributed by atoms with Gasteiger partial charge in [0, 0.05) is 6.04 Å². The molecule has 1 heterocycles. The first-order valence-corrected chi connectivity index (χ1v) is 5.34. The molecule has 0 fully saturated rings. The fourth-order valence-electron chi connectivity index (χ4n) is 1.51. The summed E-state index contributed by atoms with van der Waals surface area (Å²) in [5.41, 5.74) is 1.03. The Hall–Kier alpha value is -0.760. The third-order valence-electron chi connectivity index (χ3n) is 1.97. The number of aromatic nitrogens is 1.